The van der Waals surface area contributed by atoms with E-state index in [1.807, 2.05) is 7.05 Å². The lowest BCUT2D eigenvalue weighted by Crippen LogP contribution is -2.27. The summed E-state index contributed by atoms with van der Waals surface area (Å²) in [7, 11) is 5.71. The lowest BCUT2D eigenvalue weighted by molar-refractivity contribution is 0.100. The molecular formula is C9H22N2O2. The number of nitrogens with one attached hydrogen (secondary N) is 1. The first kappa shape index (κ1) is 12.8. The van der Waals surface area contributed by atoms with Crippen molar-refractivity contribution in [2.45, 2.75) is 0 Å². The van der Waals surface area contributed by atoms with Crippen LogP contribution < -0.4 is 5.32 Å². The van der Waals surface area contributed by atoms with Crippen LogP contribution in [-0.2, 0) is 9.47 Å². The van der Waals surface area contributed by atoms with Gasteiger partial charge < -0.3 is 19.7 Å². The Morgan fingerprint density at radius 3 is 2.46 bits per heavy atom. The van der Waals surface area contributed by atoms with E-state index in [9.17, 15) is 0 Å². The molecule has 4 nitrogen and oxygen atoms in total. The third kappa shape index (κ3) is 9.76. The van der Waals surface area contributed by atoms with Crippen LogP contribution >= 0.6 is 0 Å². The Labute approximate surface area is 81.2 Å². The van der Waals surface area contributed by atoms with Gasteiger partial charge in [-0.3, -0.25) is 0 Å². The molecule has 0 aliphatic carbocycles. The van der Waals surface area contributed by atoms with Crippen LogP contribution in [0, 0.1) is 0 Å². The summed E-state index contributed by atoms with van der Waals surface area (Å²) in [6.45, 7) is 5.21. The second-order valence-corrected chi connectivity index (χ2v) is 3.01. The molecule has 0 aliphatic rings. The Kier molecular flexibility index (Phi) is 9.80. The predicted octanol–water partition coefficient (Wildman–Crippen LogP) is -0.199. The van der Waals surface area contributed by atoms with Gasteiger partial charge in [-0.05, 0) is 14.1 Å². The largest absolute Gasteiger partial charge is 0.383 e. The molecule has 4 heteroatoms. The van der Waals surface area contributed by atoms with Gasteiger partial charge in [0.05, 0.1) is 19.8 Å². The van der Waals surface area contributed by atoms with E-state index in [-0.39, 0.29) is 0 Å². The van der Waals surface area contributed by atoms with Gasteiger partial charge in [-0.25, -0.2) is 0 Å². The molecule has 0 radical (unpaired) electrons. The van der Waals surface area contributed by atoms with Crippen molar-refractivity contribution < 1.29 is 9.47 Å². The highest BCUT2D eigenvalue weighted by atomic mass is 16.5. The Morgan fingerprint density at radius 1 is 1.15 bits per heavy atom. The molecule has 0 rings (SSSR count). The van der Waals surface area contributed by atoms with Crippen molar-refractivity contribution in [3.63, 3.8) is 0 Å². The van der Waals surface area contributed by atoms with Crippen LogP contribution in [-0.4, -0.2) is 65.6 Å². The van der Waals surface area contributed by atoms with Crippen LogP contribution in [0.5, 0.6) is 0 Å². The maximum atomic E-state index is 5.38. The van der Waals surface area contributed by atoms with E-state index >= 15 is 0 Å². The molecule has 0 heterocycles. The summed E-state index contributed by atoms with van der Waals surface area (Å²) in [5.41, 5.74) is 0. The highest BCUT2D eigenvalue weighted by Gasteiger charge is 1.96. The Balaban J connectivity index is 3.03. The van der Waals surface area contributed by atoms with Gasteiger partial charge in [-0.2, -0.15) is 0 Å². The average molecular weight is 190 g/mol. The summed E-state index contributed by atoms with van der Waals surface area (Å²) >= 11 is 0. The number of nitrogens with zero attached hydrogens (tertiary/aromatic N) is 1. The number of hydrogen-bond donors (Lipinski definition) is 1. The Morgan fingerprint density at radius 2 is 1.85 bits per heavy atom. The number of methoxy groups -OCH3 is 1. The van der Waals surface area contributed by atoms with Gasteiger partial charge >= 0.3 is 0 Å². The first-order valence-electron chi connectivity index (χ1n) is 4.71. The molecule has 0 saturated carbocycles. The minimum absolute atomic E-state index is 0.785. The molecule has 13 heavy (non-hydrogen) atoms. The lowest BCUT2D eigenvalue weighted by atomic mass is 10.5. The minimum Gasteiger partial charge on any atom is -0.383 e. The fourth-order valence-corrected chi connectivity index (χ4v) is 0.856. The molecule has 0 aromatic rings. The van der Waals surface area contributed by atoms with E-state index in [2.05, 4.69) is 17.3 Å². The van der Waals surface area contributed by atoms with Crippen molar-refractivity contribution in [2.24, 2.45) is 0 Å². The van der Waals surface area contributed by atoms with E-state index in [0.29, 0.717) is 0 Å². The topological polar surface area (TPSA) is 33.7 Å². The van der Waals surface area contributed by atoms with Gasteiger partial charge in [0.1, 0.15) is 0 Å². The number of hydrogen-bond acceptors (Lipinski definition) is 4. The normalized spacial score (nSPS) is 11.1. The van der Waals surface area contributed by atoms with Gasteiger partial charge in [0, 0.05) is 26.7 Å². The van der Waals surface area contributed by atoms with E-state index in [4.69, 9.17) is 9.47 Å². The molecule has 0 aromatic carbocycles. The van der Waals surface area contributed by atoms with Crippen molar-refractivity contribution in [2.75, 3.05) is 60.7 Å². The third-order valence-electron chi connectivity index (χ3n) is 1.79. The summed E-state index contributed by atoms with van der Waals surface area (Å²) in [6.07, 6.45) is 0. The quantitative estimate of drug-likeness (QED) is 0.511. The lowest BCUT2D eigenvalue weighted by Gasteiger charge is -2.15. The summed E-state index contributed by atoms with van der Waals surface area (Å²) in [4.78, 5) is 2.20. The molecule has 1 N–H and O–H groups in total. The first-order valence-corrected chi connectivity index (χ1v) is 4.71. The van der Waals surface area contributed by atoms with Gasteiger partial charge in [0.25, 0.3) is 0 Å². The molecule has 0 atom stereocenters. The number of likely N-dealkylation sites (N-methyl/N-ethyl adjacent to an activating group) is 2. The zero-order valence-electron chi connectivity index (χ0n) is 9.01. The maximum Gasteiger partial charge on any atom is 0.0593 e. The monoisotopic (exact) mass is 190 g/mol. The fourth-order valence-electron chi connectivity index (χ4n) is 0.856. The maximum absolute atomic E-state index is 5.38. The van der Waals surface area contributed by atoms with Crippen molar-refractivity contribution in [1.29, 1.82) is 0 Å². The summed E-state index contributed by atoms with van der Waals surface area (Å²) in [5, 5.41) is 3.03. The Hall–Kier alpha value is -0.160. The van der Waals surface area contributed by atoms with Crippen molar-refractivity contribution in [3.05, 3.63) is 0 Å². The molecule has 0 aliphatic heterocycles. The van der Waals surface area contributed by atoms with E-state index in [1.54, 1.807) is 7.11 Å². The average Bonchev–Trinajstić information content (AvgIpc) is 2.14. The first-order chi connectivity index (χ1) is 6.31. The SMILES string of the molecule is CNCCOCCN(C)CCOC. The molecule has 0 amide bonds. The summed E-state index contributed by atoms with van der Waals surface area (Å²) in [5.74, 6) is 0. The third-order valence-corrected chi connectivity index (χ3v) is 1.79. The molecule has 0 saturated heterocycles. The van der Waals surface area contributed by atoms with Crippen LogP contribution in [0.1, 0.15) is 0 Å². The van der Waals surface area contributed by atoms with Gasteiger partial charge in [0.15, 0.2) is 0 Å². The molecule has 0 spiro atoms. The Bertz CT molecular complexity index is 102. The van der Waals surface area contributed by atoms with Crippen LogP contribution in [0.3, 0.4) is 0 Å². The van der Waals surface area contributed by atoms with Crippen molar-refractivity contribution >= 4 is 0 Å². The second-order valence-electron chi connectivity index (χ2n) is 3.01. The molecule has 0 bridgehead atoms. The molecular weight excluding hydrogens is 168 g/mol. The second kappa shape index (κ2) is 9.92. The summed E-state index contributed by atoms with van der Waals surface area (Å²) in [6, 6.07) is 0. The van der Waals surface area contributed by atoms with E-state index in [0.717, 1.165) is 39.5 Å². The van der Waals surface area contributed by atoms with Crippen LogP contribution in [0.15, 0.2) is 0 Å². The smallest absolute Gasteiger partial charge is 0.0593 e. The molecule has 0 unspecified atom stereocenters. The minimum atomic E-state index is 0.785. The number of ether oxygens (including phenoxy) is 2. The van der Waals surface area contributed by atoms with Crippen LogP contribution in [0.4, 0.5) is 0 Å². The van der Waals surface area contributed by atoms with Gasteiger partial charge in [0.2, 0.25) is 0 Å². The van der Waals surface area contributed by atoms with E-state index < -0.39 is 0 Å². The van der Waals surface area contributed by atoms with Gasteiger partial charge in [-0.15, -0.1) is 0 Å². The predicted molar refractivity (Wildman–Crippen MR) is 54.1 cm³/mol. The highest BCUT2D eigenvalue weighted by molar-refractivity contribution is 4.49. The van der Waals surface area contributed by atoms with Gasteiger partial charge in [-0.1, -0.05) is 0 Å². The molecule has 0 fully saturated rings. The van der Waals surface area contributed by atoms with Crippen molar-refractivity contribution in [1.82, 2.24) is 10.2 Å². The van der Waals surface area contributed by atoms with Crippen LogP contribution in [0.2, 0.25) is 0 Å². The zero-order valence-corrected chi connectivity index (χ0v) is 9.01. The van der Waals surface area contributed by atoms with Crippen molar-refractivity contribution in [3.8, 4) is 0 Å². The summed E-state index contributed by atoms with van der Waals surface area (Å²) < 4.78 is 10.3. The zero-order chi connectivity index (χ0) is 9.94. The van der Waals surface area contributed by atoms with Crippen LogP contribution in [0.25, 0.3) is 0 Å². The standard InChI is InChI=1S/C9H22N2O2/c1-10-4-7-13-9-6-11(2)5-8-12-3/h10H,4-9H2,1-3H3. The molecule has 0 aromatic heterocycles. The number of rotatable bonds is 9. The highest BCUT2D eigenvalue weighted by Crippen LogP contribution is 1.83. The van der Waals surface area contributed by atoms with E-state index in [1.165, 1.54) is 0 Å². The molecule has 80 valence electrons. The fraction of sp³-hybridized carbons (Fsp3) is 1.00.